The number of halogens is 3. The molecule has 0 N–H and O–H groups in total. The maximum absolute atomic E-state index is 13.5. The summed E-state index contributed by atoms with van der Waals surface area (Å²) in [6.45, 7) is 1.43. The van der Waals surface area contributed by atoms with Crippen LogP contribution in [0.25, 0.3) is 0 Å². The van der Waals surface area contributed by atoms with Crippen molar-refractivity contribution in [3.8, 4) is 0 Å². The molecular formula is C14H9F3O. The Kier molecular flexibility index (Phi) is 3.19. The molecule has 0 amide bonds. The lowest BCUT2D eigenvalue weighted by Gasteiger charge is -2.05. The molecule has 0 radical (unpaired) electrons. The van der Waals surface area contributed by atoms with Crippen LogP contribution in [0.15, 0.2) is 36.4 Å². The van der Waals surface area contributed by atoms with Crippen LogP contribution in [-0.4, -0.2) is 5.78 Å². The number of ketones is 1. The third-order valence-electron chi connectivity index (χ3n) is 2.58. The third kappa shape index (κ3) is 2.27. The Bertz CT molecular complexity index is 620. The Morgan fingerprint density at radius 1 is 1.00 bits per heavy atom. The zero-order valence-electron chi connectivity index (χ0n) is 9.51. The maximum atomic E-state index is 13.5. The molecule has 0 atom stereocenters. The van der Waals surface area contributed by atoms with Gasteiger partial charge in [-0.25, -0.2) is 13.2 Å². The van der Waals surface area contributed by atoms with Crippen LogP contribution in [0.1, 0.15) is 21.5 Å². The topological polar surface area (TPSA) is 17.1 Å². The molecule has 0 saturated heterocycles. The van der Waals surface area contributed by atoms with Crippen LogP contribution in [0, 0.1) is 24.4 Å². The molecule has 4 heteroatoms. The summed E-state index contributed by atoms with van der Waals surface area (Å²) in [6.07, 6.45) is 0. The number of rotatable bonds is 2. The highest BCUT2D eigenvalue weighted by atomic mass is 19.1. The molecule has 0 aliphatic heterocycles. The summed E-state index contributed by atoms with van der Waals surface area (Å²) >= 11 is 0. The van der Waals surface area contributed by atoms with E-state index in [-0.39, 0.29) is 16.7 Å². The lowest BCUT2D eigenvalue weighted by molar-refractivity contribution is 0.103. The number of hydrogen-bond acceptors (Lipinski definition) is 1. The van der Waals surface area contributed by atoms with Gasteiger partial charge in [0.25, 0.3) is 0 Å². The SMILES string of the molecule is Cc1cc(C(=O)c2cccc(F)c2)c(F)cc1F. The second-order valence-electron chi connectivity index (χ2n) is 3.92. The summed E-state index contributed by atoms with van der Waals surface area (Å²) in [7, 11) is 0. The van der Waals surface area contributed by atoms with Crippen LogP contribution in [-0.2, 0) is 0 Å². The zero-order valence-corrected chi connectivity index (χ0v) is 9.51. The summed E-state index contributed by atoms with van der Waals surface area (Å²) in [4.78, 5) is 12.0. The van der Waals surface area contributed by atoms with E-state index in [4.69, 9.17) is 0 Å². The molecule has 0 bridgehead atoms. The first-order valence-electron chi connectivity index (χ1n) is 5.25. The maximum Gasteiger partial charge on any atom is 0.196 e. The van der Waals surface area contributed by atoms with Crippen molar-refractivity contribution in [1.29, 1.82) is 0 Å². The Balaban J connectivity index is 2.49. The molecular weight excluding hydrogens is 241 g/mol. The van der Waals surface area contributed by atoms with Gasteiger partial charge >= 0.3 is 0 Å². The van der Waals surface area contributed by atoms with Gasteiger partial charge in [-0.1, -0.05) is 12.1 Å². The predicted molar refractivity (Wildman–Crippen MR) is 60.9 cm³/mol. The highest BCUT2D eigenvalue weighted by Crippen LogP contribution is 2.18. The Labute approximate surface area is 102 Å². The van der Waals surface area contributed by atoms with Crippen molar-refractivity contribution in [2.75, 3.05) is 0 Å². The molecule has 1 nitrogen and oxygen atoms in total. The van der Waals surface area contributed by atoms with E-state index in [2.05, 4.69) is 0 Å². The molecule has 2 aromatic carbocycles. The molecule has 0 heterocycles. The highest BCUT2D eigenvalue weighted by Gasteiger charge is 2.16. The second-order valence-corrected chi connectivity index (χ2v) is 3.92. The normalized spacial score (nSPS) is 10.4. The molecule has 0 spiro atoms. The van der Waals surface area contributed by atoms with Gasteiger partial charge in [-0.05, 0) is 30.7 Å². The van der Waals surface area contributed by atoms with E-state index in [1.807, 2.05) is 0 Å². The minimum Gasteiger partial charge on any atom is -0.288 e. The predicted octanol–water partition coefficient (Wildman–Crippen LogP) is 3.64. The van der Waals surface area contributed by atoms with Gasteiger partial charge < -0.3 is 0 Å². The van der Waals surface area contributed by atoms with E-state index in [9.17, 15) is 18.0 Å². The first-order chi connectivity index (χ1) is 8.49. The largest absolute Gasteiger partial charge is 0.288 e. The fourth-order valence-corrected chi connectivity index (χ4v) is 1.62. The number of benzene rings is 2. The minimum atomic E-state index is -0.952. The summed E-state index contributed by atoms with van der Waals surface area (Å²) in [5, 5.41) is 0. The van der Waals surface area contributed by atoms with Crippen LogP contribution in [0.4, 0.5) is 13.2 Å². The number of carbonyl (C=O) groups excluding carboxylic acids is 1. The van der Waals surface area contributed by atoms with Crippen molar-refractivity contribution < 1.29 is 18.0 Å². The van der Waals surface area contributed by atoms with Gasteiger partial charge in [-0.2, -0.15) is 0 Å². The smallest absolute Gasteiger partial charge is 0.196 e. The van der Waals surface area contributed by atoms with Gasteiger partial charge in [0.1, 0.15) is 17.5 Å². The van der Waals surface area contributed by atoms with E-state index >= 15 is 0 Å². The van der Waals surface area contributed by atoms with Gasteiger partial charge in [0.15, 0.2) is 5.78 Å². The molecule has 0 aliphatic carbocycles. The summed E-state index contributed by atoms with van der Waals surface area (Å²) in [5.74, 6) is -2.93. The lowest BCUT2D eigenvalue weighted by atomic mass is 10.0. The Morgan fingerprint density at radius 3 is 2.39 bits per heavy atom. The van der Waals surface area contributed by atoms with Crippen LogP contribution in [0.5, 0.6) is 0 Å². The van der Waals surface area contributed by atoms with Crippen molar-refractivity contribution in [2.24, 2.45) is 0 Å². The second kappa shape index (κ2) is 4.64. The van der Waals surface area contributed by atoms with Gasteiger partial charge in [0.05, 0.1) is 5.56 Å². The molecule has 0 aliphatic rings. The molecule has 18 heavy (non-hydrogen) atoms. The van der Waals surface area contributed by atoms with Gasteiger partial charge in [0.2, 0.25) is 0 Å². The van der Waals surface area contributed by atoms with E-state index in [0.717, 1.165) is 12.1 Å². The number of aryl methyl sites for hydroxylation is 1. The molecule has 0 saturated carbocycles. The molecule has 2 aromatic rings. The molecule has 0 unspecified atom stereocenters. The van der Waals surface area contributed by atoms with Crippen molar-refractivity contribution >= 4 is 5.78 Å². The standard InChI is InChI=1S/C14H9F3O/c1-8-5-11(13(17)7-12(8)16)14(18)9-3-2-4-10(15)6-9/h2-7H,1H3. The minimum absolute atomic E-state index is 0.0277. The van der Waals surface area contributed by atoms with E-state index < -0.39 is 23.2 Å². The zero-order chi connectivity index (χ0) is 13.3. The van der Waals surface area contributed by atoms with Crippen molar-refractivity contribution in [2.45, 2.75) is 6.92 Å². The monoisotopic (exact) mass is 250 g/mol. The Morgan fingerprint density at radius 2 is 1.72 bits per heavy atom. The van der Waals surface area contributed by atoms with Crippen molar-refractivity contribution in [3.63, 3.8) is 0 Å². The first-order valence-corrected chi connectivity index (χ1v) is 5.25. The quantitative estimate of drug-likeness (QED) is 0.743. The van der Waals surface area contributed by atoms with Crippen LogP contribution in [0.2, 0.25) is 0 Å². The molecule has 2 rings (SSSR count). The highest BCUT2D eigenvalue weighted by molar-refractivity contribution is 6.09. The first kappa shape index (κ1) is 12.4. The van der Waals surface area contributed by atoms with Crippen LogP contribution < -0.4 is 0 Å². The average Bonchev–Trinajstić information content (AvgIpc) is 2.33. The van der Waals surface area contributed by atoms with Gasteiger partial charge in [0, 0.05) is 11.6 Å². The van der Waals surface area contributed by atoms with Crippen LogP contribution >= 0.6 is 0 Å². The lowest BCUT2D eigenvalue weighted by Crippen LogP contribution is -2.06. The average molecular weight is 250 g/mol. The summed E-state index contributed by atoms with van der Waals surface area (Å²) in [6, 6.07) is 6.71. The number of hydrogen-bond donors (Lipinski definition) is 0. The third-order valence-corrected chi connectivity index (χ3v) is 2.58. The Hall–Kier alpha value is -2.10. The molecule has 0 fully saturated rings. The van der Waals surface area contributed by atoms with Gasteiger partial charge in [-0.3, -0.25) is 4.79 Å². The van der Waals surface area contributed by atoms with Crippen LogP contribution in [0.3, 0.4) is 0 Å². The van der Waals surface area contributed by atoms with Gasteiger partial charge in [-0.15, -0.1) is 0 Å². The van der Waals surface area contributed by atoms with E-state index in [0.29, 0.717) is 6.07 Å². The van der Waals surface area contributed by atoms with E-state index in [1.165, 1.54) is 25.1 Å². The van der Waals surface area contributed by atoms with Crippen molar-refractivity contribution in [1.82, 2.24) is 0 Å². The fourth-order valence-electron chi connectivity index (χ4n) is 1.62. The summed E-state index contributed by atoms with van der Waals surface area (Å²) in [5.41, 5.74) is -0.0736. The van der Waals surface area contributed by atoms with Crippen molar-refractivity contribution in [3.05, 3.63) is 70.5 Å². The molecule has 92 valence electrons. The summed E-state index contributed by atoms with van der Waals surface area (Å²) < 4.78 is 39.6. The number of carbonyl (C=O) groups is 1. The fraction of sp³-hybridized carbons (Fsp3) is 0.0714. The van der Waals surface area contributed by atoms with E-state index in [1.54, 1.807) is 0 Å². The molecule has 0 aromatic heterocycles.